The molecule has 0 radical (unpaired) electrons. The average molecular weight is 271 g/mol. The van der Waals surface area contributed by atoms with Gasteiger partial charge in [0.25, 0.3) is 0 Å². The Balaban J connectivity index is 1.73. The largest absolute Gasteiger partial charge is 0.493 e. The third-order valence-electron chi connectivity index (χ3n) is 3.76. The fourth-order valence-electron chi connectivity index (χ4n) is 2.55. The van der Waals surface area contributed by atoms with E-state index in [9.17, 15) is 0 Å². The van der Waals surface area contributed by atoms with Gasteiger partial charge in [0.15, 0.2) is 0 Å². The van der Waals surface area contributed by atoms with Crippen LogP contribution < -0.4 is 10.5 Å². The van der Waals surface area contributed by atoms with Crippen LogP contribution in [0.5, 0.6) is 5.75 Å². The van der Waals surface area contributed by atoms with Gasteiger partial charge in [-0.3, -0.25) is 4.68 Å². The van der Waals surface area contributed by atoms with Gasteiger partial charge in [0.05, 0.1) is 12.3 Å². The second-order valence-electron chi connectivity index (χ2n) is 5.66. The summed E-state index contributed by atoms with van der Waals surface area (Å²) < 4.78 is 7.50. The number of aromatic nitrogens is 2. The van der Waals surface area contributed by atoms with Crippen LogP contribution >= 0.6 is 0 Å². The van der Waals surface area contributed by atoms with Crippen LogP contribution in [0.4, 0.5) is 0 Å². The maximum Gasteiger partial charge on any atom is 0.122 e. The Morgan fingerprint density at radius 1 is 1.35 bits per heavy atom. The lowest BCUT2D eigenvalue weighted by molar-refractivity contribution is 0.357. The molecule has 2 N–H and O–H groups in total. The lowest BCUT2D eigenvalue weighted by Gasteiger charge is -2.12. The molecule has 2 aromatic rings. The minimum absolute atomic E-state index is 0.0172. The van der Waals surface area contributed by atoms with Crippen molar-refractivity contribution >= 4 is 0 Å². The molecule has 1 aromatic carbocycles. The van der Waals surface area contributed by atoms with Gasteiger partial charge in [-0.05, 0) is 37.1 Å². The topological polar surface area (TPSA) is 53.1 Å². The van der Waals surface area contributed by atoms with Crippen LogP contribution in [0, 0.1) is 0 Å². The zero-order valence-electron chi connectivity index (χ0n) is 12.0. The molecule has 0 amide bonds. The number of hydrogen-bond donors (Lipinski definition) is 1. The molecule has 3 rings (SSSR count). The Morgan fingerprint density at radius 3 is 2.95 bits per heavy atom. The van der Waals surface area contributed by atoms with Crippen LogP contribution in [0.2, 0.25) is 0 Å². The first kappa shape index (κ1) is 13.2. The van der Waals surface area contributed by atoms with Crippen LogP contribution in [-0.2, 0) is 12.8 Å². The Bertz CT molecular complexity index is 604. The first-order chi connectivity index (χ1) is 9.63. The monoisotopic (exact) mass is 271 g/mol. The van der Waals surface area contributed by atoms with Crippen LogP contribution in [0.3, 0.4) is 0 Å². The minimum atomic E-state index is -0.0172. The molecule has 0 bridgehead atoms. The van der Waals surface area contributed by atoms with E-state index < -0.39 is 0 Å². The predicted octanol–water partition coefficient (Wildman–Crippen LogP) is 2.64. The molecule has 4 heteroatoms. The highest BCUT2D eigenvalue weighted by Gasteiger charge is 2.16. The normalized spacial score (nSPS) is 15.2. The number of hydrogen-bond acceptors (Lipinski definition) is 3. The smallest absolute Gasteiger partial charge is 0.122 e. The summed E-state index contributed by atoms with van der Waals surface area (Å²) in [6, 6.07) is 8.69. The number of benzene rings is 1. The Kier molecular flexibility index (Phi) is 3.49. The minimum Gasteiger partial charge on any atom is -0.493 e. The average Bonchev–Trinajstić information content (AvgIpc) is 3.05. The summed E-state index contributed by atoms with van der Waals surface area (Å²) in [7, 11) is 0. The maximum atomic E-state index is 6.32. The number of ether oxygens (including phenoxy) is 1. The van der Waals surface area contributed by atoms with Gasteiger partial charge in [-0.15, -0.1) is 0 Å². The molecule has 4 nitrogen and oxygen atoms in total. The van der Waals surface area contributed by atoms with Gasteiger partial charge >= 0.3 is 0 Å². The summed E-state index contributed by atoms with van der Waals surface area (Å²) in [5.41, 5.74) is 9.79. The summed E-state index contributed by atoms with van der Waals surface area (Å²) in [5, 5.41) is 4.56. The van der Waals surface area contributed by atoms with E-state index in [1.165, 1.54) is 5.56 Å². The van der Waals surface area contributed by atoms with E-state index >= 15 is 0 Å². The van der Waals surface area contributed by atoms with Crippen molar-refractivity contribution in [3.8, 4) is 5.75 Å². The van der Waals surface area contributed by atoms with Crippen LogP contribution in [0.25, 0.3) is 0 Å². The fourth-order valence-corrected chi connectivity index (χ4v) is 2.55. The fraction of sp³-hybridized carbons (Fsp3) is 0.438. The molecule has 0 aliphatic carbocycles. The number of rotatable bonds is 4. The lowest BCUT2D eigenvalue weighted by atomic mass is 10.00. The quantitative estimate of drug-likeness (QED) is 0.930. The van der Waals surface area contributed by atoms with Crippen molar-refractivity contribution in [1.29, 1.82) is 0 Å². The van der Waals surface area contributed by atoms with Crippen LogP contribution in [-0.4, -0.2) is 16.4 Å². The van der Waals surface area contributed by atoms with E-state index in [0.29, 0.717) is 6.04 Å². The third-order valence-corrected chi connectivity index (χ3v) is 3.76. The summed E-state index contributed by atoms with van der Waals surface area (Å²) >= 11 is 0. The van der Waals surface area contributed by atoms with Crippen molar-refractivity contribution in [2.75, 3.05) is 6.61 Å². The molecular weight excluding hydrogens is 250 g/mol. The van der Waals surface area contributed by atoms with Gasteiger partial charge in [0.1, 0.15) is 5.75 Å². The number of nitrogens with zero attached hydrogens (tertiary/aromatic N) is 2. The van der Waals surface area contributed by atoms with E-state index in [0.717, 1.165) is 36.5 Å². The van der Waals surface area contributed by atoms with Crippen LogP contribution in [0.1, 0.15) is 42.8 Å². The molecule has 1 aromatic heterocycles. The Labute approximate surface area is 119 Å². The van der Waals surface area contributed by atoms with Crippen molar-refractivity contribution in [1.82, 2.24) is 9.78 Å². The van der Waals surface area contributed by atoms with Crippen molar-refractivity contribution in [2.45, 2.75) is 38.8 Å². The third kappa shape index (κ3) is 2.56. The van der Waals surface area contributed by atoms with Crippen molar-refractivity contribution in [3.05, 3.63) is 47.3 Å². The SMILES string of the molecule is CC(C)n1ccc(CC(N)c2ccc3c(c2)CCO3)n1. The summed E-state index contributed by atoms with van der Waals surface area (Å²) in [6.07, 6.45) is 3.76. The number of fused-ring (bicyclic) bond motifs is 1. The highest BCUT2D eigenvalue weighted by Crippen LogP contribution is 2.28. The first-order valence-electron chi connectivity index (χ1n) is 7.18. The molecule has 1 atom stereocenters. The Morgan fingerprint density at radius 2 is 2.20 bits per heavy atom. The molecule has 1 aliphatic heterocycles. The van der Waals surface area contributed by atoms with Gasteiger partial charge in [0, 0.05) is 31.1 Å². The summed E-state index contributed by atoms with van der Waals surface area (Å²) in [4.78, 5) is 0. The molecule has 0 spiro atoms. The van der Waals surface area contributed by atoms with Crippen molar-refractivity contribution in [3.63, 3.8) is 0 Å². The molecule has 20 heavy (non-hydrogen) atoms. The van der Waals surface area contributed by atoms with Gasteiger partial charge in [-0.1, -0.05) is 12.1 Å². The second kappa shape index (κ2) is 5.29. The second-order valence-corrected chi connectivity index (χ2v) is 5.66. The zero-order chi connectivity index (χ0) is 14.1. The van der Waals surface area contributed by atoms with Gasteiger partial charge in [-0.25, -0.2) is 0 Å². The summed E-state index contributed by atoms with van der Waals surface area (Å²) in [5.74, 6) is 1.00. The molecule has 0 fully saturated rings. The molecule has 1 aliphatic rings. The predicted molar refractivity (Wildman–Crippen MR) is 78.9 cm³/mol. The van der Waals surface area contributed by atoms with Gasteiger partial charge < -0.3 is 10.5 Å². The van der Waals surface area contributed by atoms with Gasteiger partial charge in [0.2, 0.25) is 0 Å². The van der Waals surface area contributed by atoms with E-state index in [1.807, 2.05) is 16.9 Å². The summed E-state index contributed by atoms with van der Waals surface area (Å²) in [6.45, 7) is 5.03. The molecule has 1 unspecified atom stereocenters. The highest BCUT2D eigenvalue weighted by atomic mass is 16.5. The molecule has 2 heterocycles. The zero-order valence-corrected chi connectivity index (χ0v) is 12.0. The molecule has 0 saturated carbocycles. The van der Waals surface area contributed by atoms with Gasteiger partial charge in [-0.2, -0.15) is 5.10 Å². The maximum absolute atomic E-state index is 6.32. The first-order valence-corrected chi connectivity index (χ1v) is 7.18. The molecule has 106 valence electrons. The highest BCUT2D eigenvalue weighted by molar-refractivity contribution is 5.40. The van der Waals surface area contributed by atoms with Crippen molar-refractivity contribution in [2.24, 2.45) is 5.73 Å². The van der Waals surface area contributed by atoms with E-state index in [-0.39, 0.29) is 6.04 Å². The van der Waals surface area contributed by atoms with Crippen LogP contribution in [0.15, 0.2) is 30.5 Å². The number of nitrogens with two attached hydrogens (primary N) is 1. The molecule has 0 saturated heterocycles. The standard InChI is InChI=1S/C16H21N3O/c1-11(2)19-7-5-14(18-19)10-15(17)12-3-4-16-13(9-12)6-8-20-16/h3-5,7,9,11,15H,6,8,10,17H2,1-2H3. The van der Waals surface area contributed by atoms with E-state index in [4.69, 9.17) is 10.5 Å². The molecular formula is C16H21N3O. The van der Waals surface area contributed by atoms with Crippen molar-refractivity contribution < 1.29 is 4.74 Å². The Hall–Kier alpha value is -1.81. The lowest BCUT2D eigenvalue weighted by Crippen LogP contribution is -2.14. The van der Waals surface area contributed by atoms with E-state index in [2.05, 4.69) is 37.1 Å². The van der Waals surface area contributed by atoms with E-state index in [1.54, 1.807) is 0 Å².